The topological polar surface area (TPSA) is 71.5 Å². The summed E-state index contributed by atoms with van der Waals surface area (Å²) < 4.78 is 43.2. The van der Waals surface area contributed by atoms with Crippen LogP contribution in [0.2, 0.25) is 0 Å². The fourth-order valence-corrected chi connectivity index (χ4v) is 1.75. The highest BCUT2D eigenvalue weighted by atomic mass is 35.5. The first-order valence-electron chi connectivity index (χ1n) is 5.91. The highest BCUT2D eigenvalue weighted by Crippen LogP contribution is 2.32. The van der Waals surface area contributed by atoms with Crippen LogP contribution in [-0.2, 0) is 6.18 Å². The number of oxazole rings is 1. The van der Waals surface area contributed by atoms with Crippen LogP contribution in [0.3, 0.4) is 0 Å². The largest absolute Gasteiger partial charge is 0.418 e. The van der Waals surface area contributed by atoms with Gasteiger partial charge in [0.05, 0.1) is 17.4 Å². The van der Waals surface area contributed by atoms with E-state index < -0.39 is 11.7 Å². The summed E-state index contributed by atoms with van der Waals surface area (Å²) in [4.78, 5) is 7.54. The van der Waals surface area contributed by atoms with Crippen molar-refractivity contribution in [3.63, 3.8) is 0 Å². The van der Waals surface area contributed by atoms with Crippen LogP contribution in [0.15, 0.2) is 39.0 Å². The van der Waals surface area contributed by atoms with Crippen LogP contribution >= 0.6 is 11.6 Å². The molecule has 0 saturated carbocycles. The third-order valence-corrected chi connectivity index (χ3v) is 3.05. The zero-order valence-corrected chi connectivity index (χ0v) is 11.9. The van der Waals surface area contributed by atoms with Gasteiger partial charge in [-0.3, -0.25) is 0 Å². The minimum Gasteiger partial charge on any atom is -0.418 e. The molecule has 0 radical (unpaired) electrons. The molecule has 116 valence electrons. The molecule has 0 saturated heterocycles. The van der Waals surface area contributed by atoms with Crippen LogP contribution in [0.5, 0.6) is 0 Å². The third kappa shape index (κ3) is 3.28. The summed E-state index contributed by atoms with van der Waals surface area (Å²) in [6, 6.07) is 0.830. The molecule has 0 aromatic carbocycles. The minimum absolute atomic E-state index is 0.0372. The molecule has 2 aromatic heterocycles. The van der Waals surface area contributed by atoms with Crippen LogP contribution in [-0.4, -0.2) is 21.4 Å². The molecule has 1 N–H and O–H groups in total. The second kappa shape index (κ2) is 6.18. The van der Waals surface area contributed by atoms with E-state index >= 15 is 0 Å². The van der Waals surface area contributed by atoms with Crippen LogP contribution < -0.4 is 0 Å². The van der Waals surface area contributed by atoms with Crippen LogP contribution in [0, 0.1) is 0 Å². The number of aromatic nitrogens is 2. The van der Waals surface area contributed by atoms with Gasteiger partial charge in [-0.15, -0.1) is 0 Å². The van der Waals surface area contributed by atoms with Gasteiger partial charge in [0.1, 0.15) is 5.52 Å². The molecule has 0 aliphatic rings. The molecule has 0 aliphatic heterocycles. The van der Waals surface area contributed by atoms with Gasteiger partial charge in [-0.05, 0) is 19.1 Å². The summed E-state index contributed by atoms with van der Waals surface area (Å²) in [6.07, 6.45) is 0.00102. The highest BCUT2D eigenvalue weighted by Gasteiger charge is 2.31. The molecule has 2 rings (SSSR count). The van der Waals surface area contributed by atoms with Gasteiger partial charge in [-0.1, -0.05) is 22.8 Å². The molecule has 0 fully saturated rings. The zero-order valence-electron chi connectivity index (χ0n) is 11.1. The maximum atomic E-state index is 12.6. The van der Waals surface area contributed by atoms with Gasteiger partial charge in [0.15, 0.2) is 0 Å². The lowest BCUT2D eigenvalue weighted by atomic mass is 10.2. The summed E-state index contributed by atoms with van der Waals surface area (Å²) >= 11 is 5.98. The molecule has 22 heavy (non-hydrogen) atoms. The Labute approximate surface area is 127 Å². The van der Waals surface area contributed by atoms with Crippen molar-refractivity contribution >= 4 is 34.6 Å². The summed E-state index contributed by atoms with van der Waals surface area (Å²) in [7, 11) is 0. The second-order valence-corrected chi connectivity index (χ2v) is 4.45. The summed E-state index contributed by atoms with van der Waals surface area (Å²) in [6.45, 7) is 1.65. The SMILES string of the molecule is C\C=C(Cl)/C(=C\C=N\O)c1nc2cc(C(F)(F)F)cnc2o1. The molecular weight excluding hydrogens is 323 g/mol. The van der Waals surface area contributed by atoms with Crippen molar-refractivity contribution in [1.29, 1.82) is 0 Å². The van der Waals surface area contributed by atoms with Crippen molar-refractivity contribution in [2.24, 2.45) is 5.16 Å². The average Bonchev–Trinajstić information content (AvgIpc) is 2.88. The number of alkyl halides is 3. The molecular formula is C13H9ClF3N3O2. The molecule has 2 heterocycles. The number of hydrogen-bond acceptors (Lipinski definition) is 5. The predicted octanol–water partition coefficient (Wildman–Crippen LogP) is 4.23. The molecule has 0 aliphatic carbocycles. The van der Waals surface area contributed by atoms with E-state index in [0.717, 1.165) is 12.3 Å². The van der Waals surface area contributed by atoms with E-state index in [1.54, 1.807) is 6.92 Å². The van der Waals surface area contributed by atoms with Gasteiger partial charge in [0.25, 0.3) is 0 Å². The summed E-state index contributed by atoms with van der Waals surface area (Å²) in [5, 5.41) is 11.5. The van der Waals surface area contributed by atoms with Crippen molar-refractivity contribution in [3.05, 3.63) is 40.9 Å². The number of nitrogens with zero attached hydrogens (tertiary/aromatic N) is 3. The maximum Gasteiger partial charge on any atom is 0.417 e. The van der Waals surface area contributed by atoms with E-state index in [0.29, 0.717) is 6.20 Å². The third-order valence-electron chi connectivity index (χ3n) is 2.62. The van der Waals surface area contributed by atoms with Crippen molar-refractivity contribution < 1.29 is 22.8 Å². The first-order valence-corrected chi connectivity index (χ1v) is 6.28. The first kappa shape index (κ1) is 16.0. The van der Waals surface area contributed by atoms with Crippen molar-refractivity contribution in [1.82, 2.24) is 9.97 Å². The zero-order chi connectivity index (χ0) is 16.3. The van der Waals surface area contributed by atoms with E-state index in [1.165, 1.54) is 12.2 Å². The number of halogens is 4. The second-order valence-electron chi connectivity index (χ2n) is 4.05. The standard InChI is InChI=1S/C13H9ClF3N3O2/c1-2-9(14)8(3-4-19-21)11-20-10-5-7(13(15,16)17)6-18-12(10)22-11/h2-6,21H,1H3/b8-3+,9-2+,19-4+. The highest BCUT2D eigenvalue weighted by molar-refractivity contribution is 6.37. The Hall–Kier alpha value is -2.35. The number of rotatable bonds is 3. The monoisotopic (exact) mass is 331 g/mol. The fourth-order valence-electron chi connectivity index (χ4n) is 1.61. The van der Waals surface area contributed by atoms with Gasteiger partial charge in [0, 0.05) is 11.2 Å². The maximum absolute atomic E-state index is 12.6. The Morgan fingerprint density at radius 1 is 1.45 bits per heavy atom. The summed E-state index contributed by atoms with van der Waals surface area (Å²) in [5.74, 6) is -0.0372. The van der Waals surface area contributed by atoms with Crippen molar-refractivity contribution in [3.8, 4) is 0 Å². The summed E-state index contributed by atoms with van der Waals surface area (Å²) in [5.41, 5.74) is -0.805. The molecule has 0 amide bonds. The van der Waals surface area contributed by atoms with Gasteiger partial charge >= 0.3 is 6.18 Å². The molecule has 0 atom stereocenters. The lowest BCUT2D eigenvalue weighted by Gasteiger charge is -2.03. The quantitative estimate of drug-likeness (QED) is 0.395. The minimum atomic E-state index is -4.52. The number of pyridine rings is 1. The predicted molar refractivity (Wildman–Crippen MR) is 74.7 cm³/mol. The molecule has 0 bridgehead atoms. The molecule has 0 unspecified atom stereocenters. The molecule has 9 heteroatoms. The Bertz CT molecular complexity index is 778. The molecule has 2 aromatic rings. The first-order chi connectivity index (χ1) is 10.4. The smallest absolute Gasteiger partial charge is 0.417 e. The Balaban J connectivity index is 2.56. The number of fused-ring (bicyclic) bond motifs is 1. The van der Waals surface area contributed by atoms with Crippen LogP contribution in [0.4, 0.5) is 13.2 Å². The molecule has 5 nitrogen and oxygen atoms in total. The van der Waals surface area contributed by atoms with E-state index in [9.17, 15) is 13.2 Å². The van der Waals surface area contributed by atoms with Gasteiger partial charge < -0.3 is 9.62 Å². The van der Waals surface area contributed by atoms with E-state index in [1.807, 2.05) is 0 Å². The fraction of sp³-hybridized carbons (Fsp3) is 0.154. The van der Waals surface area contributed by atoms with Crippen LogP contribution in [0.25, 0.3) is 16.8 Å². The van der Waals surface area contributed by atoms with E-state index in [4.69, 9.17) is 21.2 Å². The lowest BCUT2D eigenvalue weighted by molar-refractivity contribution is -0.137. The van der Waals surface area contributed by atoms with Gasteiger partial charge in [-0.2, -0.15) is 13.2 Å². The average molecular weight is 332 g/mol. The van der Waals surface area contributed by atoms with Gasteiger partial charge in [0.2, 0.25) is 11.6 Å². The van der Waals surface area contributed by atoms with Crippen LogP contribution in [0.1, 0.15) is 18.4 Å². The Morgan fingerprint density at radius 2 is 2.18 bits per heavy atom. The normalized spacial score (nSPS) is 14.2. The Kier molecular flexibility index (Phi) is 4.51. The Morgan fingerprint density at radius 3 is 2.77 bits per heavy atom. The van der Waals surface area contributed by atoms with Crippen molar-refractivity contribution in [2.75, 3.05) is 0 Å². The van der Waals surface area contributed by atoms with Gasteiger partial charge in [-0.25, -0.2) is 9.97 Å². The van der Waals surface area contributed by atoms with E-state index in [-0.39, 0.29) is 27.7 Å². The number of oxime groups is 1. The molecule has 0 spiro atoms. The number of hydrogen-bond donors (Lipinski definition) is 1. The number of allylic oxidation sites excluding steroid dienone is 4. The lowest BCUT2D eigenvalue weighted by Crippen LogP contribution is -2.04. The van der Waals surface area contributed by atoms with E-state index in [2.05, 4.69) is 15.1 Å². The van der Waals surface area contributed by atoms with Crippen molar-refractivity contribution in [2.45, 2.75) is 13.1 Å².